The van der Waals surface area contributed by atoms with Crippen LogP contribution in [-0.4, -0.2) is 72.9 Å². The second-order valence-corrected chi connectivity index (χ2v) is 6.08. The van der Waals surface area contributed by atoms with E-state index in [1.54, 1.807) is 18.7 Å². The maximum absolute atomic E-state index is 9.91. The lowest BCUT2D eigenvalue weighted by atomic mass is 10.1. The largest absolute Gasteiger partial charge is 0.389 e. The lowest BCUT2D eigenvalue weighted by Gasteiger charge is -2.23. The monoisotopic (exact) mass is 295 g/mol. The standard InChI is InChI=1S/C13H29NO4S/c1-11(2)18-6-5-17-8-12(15)7-14-9-13(3,16)10-19-4/h11-12,14-16H,5-10H2,1-4H3. The van der Waals surface area contributed by atoms with Crippen LogP contribution in [-0.2, 0) is 9.47 Å². The van der Waals surface area contributed by atoms with Crippen LogP contribution in [0.1, 0.15) is 20.8 Å². The van der Waals surface area contributed by atoms with Crippen LogP contribution in [0, 0.1) is 0 Å². The predicted octanol–water partition coefficient (Wildman–Crippen LogP) is 0.492. The molecule has 0 amide bonds. The number of hydrogen-bond donors (Lipinski definition) is 3. The first-order valence-electron chi connectivity index (χ1n) is 6.67. The molecular weight excluding hydrogens is 266 g/mol. The van der Waals surface area contributed by atoms with Gasteiger partial charge in [-0.25, -0.2) is 0 Å². The Morgan fingerprint density at radius 3 is 2.58 bits per heavy atom. The summed E-state index contributed by atoms with van der Waals surface area (Å²) in [5.41, 5.74) is -0.745. The molecule has 0 fully saturated rings. The van der Waals surface area contributed by atoms with Crippen molar-refractivity contribution in [1.29, 1.82) is 0 Å². The van der Waals surface area contributed by atoms with E-state index in [0.717, 1.165) is 0 Å². The third-order valence-corrected chi connectivity index (χ3v) is 3.24. The highest BCUT2D eigenvalue weighted by Gasteiger charge is 2.19. The van der Waals surface area contributed by atoms with Crippen LogP contribution in [0.5, 0.6) is 0 Å². The zero-order chi connectivity index (χ0) is 14.7. The first-order chi connectivity index (χ1) is 8.87. The van der Waals surface area contributed by atoms with E-state index in [4.69, 9.17) is 9.47 Å². The number of aliphatic hydroxyl groups excluding tert-OH is 1. The van der Waals surface area contributed by atoms with Crippen LogP contribution in [0.3, 0.4) is 0 Å². The van der Waals surface area contributed by atoms with Crippen molar-refractivity contribution >= 4 is 11.8 Å². The summed E-state index contributed by atoms with van der Waals surface area (Å²) in [6.07, 6.45) is 1.59. The summed E-state index contributed by atoms with van der Waals surface area (Å²) in [5.74, 6) is 0.666. The van der Waals surface area contributed by atoms with E-state index in [-0.39, 0.29) is 12.7 Å². The zero-order valence-electron chi connectivity index (χ0n) is 12.5. The van der Waals surface area contributed by atoms with Gasteiger partial charge in [0.15, 0.2) is 0 Å². The molecule has 2 atom stereocenters. The van der Waals surface area contributed by atoms with Gasteiger partial charge in [0.05, 0.1) is 37.6 Å². The first kappa shape index (κ1) is 19.1. The minimum Gasteiger partial charge on any atom is -0.389 e. The molecule has 0 aromatic heterocycles. The molecule has 0 aromatic rings. The van der Waals surface area contributed by atoms with Gasteiger partial charge in [-0.1, -0.05) is 0 Å². The molecule has 0 aliphatic carbocycles. The number of aliphatic hydroxyl groups is 2. The van der Waals surface area contributed by atoms with Gasteiger partial charge in [-0.15, -0.1) is 0 Å². The molecule has 0 radical (unpaired) electrons. The normalized spacial score (nSPS) is 16.6. The Morgan fingerprint density at radius 2 is 2.00 bits per heavy atom. The van der Waals surface area contributed by atoms with Crippen molar-refractivity contribution in [2.24, 2.45) is 0 Å². The molecule has 0 spiro atoms. The summed E-state index contributed by atoms with van der Waals surface area (Å²) in [4.78, 5) is 0. The van der Waals surface area contributed by atoms with Gasteiger partial charge < -0.3 is 25.0 Å². The van der Waals surface area contributed by atoms with Crippen LogP contribution >= 0.6 is 11.8 Å². The highest BCUT2D eigenvalue weighted by molar-refractivity contribution is 7.98. The van der Waals surface area contributed by atoms with E-state index in [0.29, 0.717) is 32.1 Å². The molecule has 0 bridgehead atoms. The van der Waals surface area contributed by atoms with Crippen molar-refractivity contribution in [3.05, 3.63) is 0 Å². The molecule has 0 aliphatic rings. The van der Waals surface area contributed by atoms with Crippen LogP contribution in [0.25, 0.3) is 0 Å². The van der Waals surface area contributed by atoms with Gasteiger partial charge in [-0.3, -0.25) is 0 Å². The van der Waals surface area contributed by atoms with E-state index < -0.39 is 11.7 Å². The average Bonchev–Trinajstić information content (AvgIpc) is 2.27. The highest BCUT2D eigenvalue weighted by Crippen LogP contribution is 2.08. The highest BCUT2D eigenvalue weighted by atomic mass is 32.2. The number of nitrogens with one attached hydrogen (secondary N) is 1. The van der Waals surface area contributed by atoms with E-state index in [9.17, 15) is 10.2 Å². The molecule has 0 aromatic carbocycles. The fourth-order valence-corrected chi connectivity index (χ4v) is 2.22. The Hall–Kier alpha value is 0.150. The Morgan fingerprint density at radius 1 is 1.32 bits per heavy atom. The van der Waals surface area contributed by atoms with Crippen molar-refractivity contribution in [2.45, 2.75) is 38.6 Å². The van der Waals surface area contributed by atoms with Gasteiger partial charge in [-0.2, -0.15) is 11.8 Å². The summed E-state index contributed by atoms with van der Waals surface area (Å²) in [6.45, 7) is 7.90. The molecule has 5 nitrogen and oxygen atoms in total. The van der Waals surface area contributed by atoms with Crippen molar-refractivity contribution in [2.75, 3.05) is 44.9 Å². The zero-order valence-corrected chi connectivity index (χ0v) is 13.3. The number of ether oxygens (including phenoxy) is 2. The molecule has 0 heterocycles. The molecule has 0 saturated heterocycles. The fourth-order valence-electron chi connectivity index (χ4n) is 1.49. The van der Waals surface area contributed by atoms with Gasteiger partial charge in [0.1, 0.15) is 0 Å². The molecule has 6 heteroatoms. The van der Waals surface area contributed by atoms with Gasteiger partial charge in [-0.05, 0) is 27.0 Å². The molecule has 0 rings (SSSR count). The Kier molecular flexibility index (Phi) is 11.0. The third kappa shape index (κ3) is 12.9. The third-order valence-electron chi connectivity index (χ3n) is 2.33. The number of rotatable bonds is 12. The summed E-state index contributed by atoms with van der Waals surface area (Å²) < 4.78 is 10.6. The quantitative estimate of drug-likeness (QED) is 0.455. The van der Waals surface area contributed by atoms with Crippen LogP contribution in [0.4, 0.5) is 0 Å². The Bertz CT molecular complexity index is 215. The lowest BCUT2D eigenvalue weighted by Crippen LogP contribution is -2.43. The maximum Gasteiger partial charge on any atom is 0.0897 e. The van der Waals surface area contributed by atoms with Crippen molar-refractivity contribution in [3.63, 3.8) is 0 Å². The van der Waals surface area contributed by atoms with Crippen LogP contribution in [0.2, 0.25) is 0 Å². The maximum atomic E-state index is 9.91. The van der Waals surface area contributed by atoms with Gasteiger partial charge in [0.2, 0.25) is 0 Å². The summed E-state index contributed by atoms with van der Waals surface area (Å²) >= 11 is 1.60. The Labute approximate surface area is 121 Å². The SMILES string of the molecule is CSCC(C)(O)CNCC(O)COCCOC(C)C. The fraction of sp³-hybridized carbons (Fsp3) is 1.00. The molecule has 2 unspecified atom stereocenters. The van der Waals surface area contributed by atoms with Crippen LogP contribution < -0.4 is 5.32 Å². The number of hydrogen-bond acceptors (Lipinski definition) is 6. The van der Waals surface area contributed by atoms with Crippen molar-refractivity contribution < 1.29 is 19.7 Å². The molecule has 0 saturated carbocycles. The molecule has 0 aliphatic heterocycles. The summed E-state index contributed by atoms with van der Waals surface area (Å²) in [5, 5.41) is 22.6. The van der Waals surface area contributed by atoms with Gasteiger partial charge in [0, 0.05) is 18.8 Å². The molecular formula is C13H29NO4S. The molecule has 116 valence electrons. The van der Waals surface area contributed by atoms with Gasteiger partial charge in [0.25, 0.3) is 0 Å². The second kappa shape index (κ2) is 10.9. The predicted molar refractivity (Wildman–Crippen MR) is 79.8 cm³/mol. The second-order valence-electron chi connectivity index (χ2n) is 5.21. The molecule has 3 N–H and O–H groups in total. The topological polar surface area (TPSA) is 71.0 Å². The lowest BCUT2D eigenvalue weighted by molar-refractivity contribution is -0.0112. The minimum atomic E-state index is -0.745. The van der Waals surface area contributed by atoms with Crippen molar-refractivity contribution in [1.82, 2.24) is 5.32 Å². The number of thioether (sulfide) groups is 1. The Balaban J connectivity index is 3.46. The summed E-state index contributed by atoms with van der Waals surface area (Å²) in [7, 11) is 0. The minimum absolute atomic E-state index is 0.203. The van der Waals surface area contributed by atoms with E-state index in [1.807, 2.05) is 20.1 Å². The first-order valence-corrected chi connectivity index (χ1v) is 8.06. The smallest absolute Gasteiger partial charge is 0.0897 e. The van der Waals surface area contributed by atoms with E-state index in [1.165, 1.54) is 0 Å². The van der Waals surface area contributed by atoms with Gasteiger partial charge >= 0.3 is 0 Å². The van der Waals surface area contributed by atoms with E-state index in [2.05, 4.69) is 5.32 Å². The average molecular weight is 295 g/mol. The molecule has 19 heavy (non-hydrogen) atoms. The van der Waals surface area contributed by atoms with E-state index >= 15 is 0 Å². The van der Waals surface area contributed by atoms with Crippen LogP contribution in [0.15, 0.2) is 0 Å². The summed E-state index contributed by atoms with van der Waals surface area (Å²) in [6, 6.07) is 0. The van der Waals surface area contributed by atoms with Crippen molar-refractivity contribution in [3.8, 4) is 0 Å².